The Hall–Kier alpha value is -0.750. The number of rotatable bonds is 5. The summed E-state index contributed by atoms with van der Waals surface area (Å²) in [6.45, 7) is 1.03. The molecule has 0 heterocycles. The summed E-state index contributed by atoms with van der Waals surface area (Å²) in [7, 11) is -9.37. The smallest absolute Gasteiger partial charge is 0.283 e. The van der Waals surface area contributed by atoms with E-state index in [1.807, 2.05) is 0 Å². The number of carbonyl (C=O) groups excluding carboxylic acids is 1. The molecule has 0 fully saturated rings. The van der Waals surface area contributed by atoms with Crippen LogP contribution in [0.25, 0.3) is 0 Å². The standard InChI is InChI=1S/C4H10N2O7S2/c1-3(7)5-6-4(15(11,12)13)2-14(8,9)10/h4,6H,2H2,1H3,(H,5,7)(H,8,9,10)(H,11,12,13). The molecule has 0 radical (unpaired) electrons. The van der Waals surface area contributed by atoms with Crippen molar-refractivity contribution in [1.29, 1.82) is 0 Å². The van der Waals surface area contributed by atoms with Gasteiger partial charge >= 0.3 is 0 Å². The lowest BCUT2D eigenvalue weighted by Gasteiger charge is -2.13. The molecule has 0 aromatic heterocycles. The lowest BCUT2D eigenvalue weighted by Crippen LogP contribution is -2.50. The Morgan fingerprint density at radius 2 is 1.73 bits per heavy atom. The third-order valence-electron chi connectivity index (χ3n) is 1.13. The van der Waals surface area contributed by atoms with Gasteiger partial charge in [-0.15, -0.1) is 0 Å². The van der Waals surface area contributed by atoms with Gasteiger partial charge in [0.2, 0.25) is 5.91 Å². The van der Waals surface area contributed by atoms with E-state index in [0.29, 0.717) is 0 Å². The second kappa shape index (κ2) is 4.85. The Morgan fingerprint density at radius 1 is 1.27 bits per heavy atom. The van der Waals surface area contributed by atoms with Crippen LogP contribution in [0.5, 0.6) is 0 Å². The summed E-state index contributed by atoms with van der Waals surface area (Å²) in [6, 6.07) is 0. The van der Waals surface area contributed by atoms with E-state index in [2.05, 4.69) is 0 Å². The van der Waals surface area contributed by atoms with Crippen LogP contribution in [0.2, 0.25) is 0 Å². The number of hydrogen-bond acceptors (Lipinski definition) is 6. The predicted molar refractivity (Wildman–Crippen MR) is 48.7 cm³/mol. The van der Waals surface area contributed by atoms with E-state index in [1.54, 1.807) is 10.9 Å². The molecule has 0 saturated heterocycles. The molecule has 0 aromatic rings. The van der Waals surface area contributed by atoms with Crippen molar-refractivity contribution in [3.8, 4) is 0 Å². The molecule has 0 aliphatic heterocycles. The van der Waals surface area contributed by atoms with Gasteiger partial charge in [0.1, 0.15) is 5.75 Å². The van der Waals surface area contributed by atoms with E-state index < -0.39 is 37.3 Å². The monoisotopic (exact) mass is 262 g/mol. The first-order valence-corrected chi connectivity index (χ1v) is 6.57. The van der Waals surface area contributed by atoms with Gasteiger partial charge in [0, 0.05) is 6.92 Å². The minimum atomic E-state index is -4.76. The molecule has 0 aliphatic carbocycles. The minimum Gasteiger partial charge on any atom is -0.290 e. The van der Waals surface area contributed by atoms with Crippen LogP contribution in [-0.4, -0.2) is 43.0 Å². The summed E-state index contributed by atoms with van der Waals surface area (Å²) in [5, 5.41) is -2.03. The quantitative estimate of drug-likeness (QED) is 0.320. The van der Waals surface area contributed by atoms with Gasteiger partial charge in [0.05, 0.1) is 0 Å². The fraction of sp³-hybridized carbons (Fsp3) is 0.750. The van der Waals surface area contributed by atoms with Crippen molar-refractivity contribution in [3.63, 3.8) is 0 Å². The Bertz CT molecular complexity index is 424. The molecule has 0 spiro atoms. The summed E-state index contributed by atoms with van der Waals surface area (Å²) in [5.74, 6) is -1.98. The Labute approximate surface area is 86.3 Å². The lowest BCUT2D eigenvalue weighted by molar-refractivity contribution is -0.119. The Morgan fingerprint density at radius 3 is 2.00 bits per heavy atom. The molecule has 1 atom stereocenters. The second-order valence-electron chi connectivity index (χ2n) is 2.58. The second-order valence-corrected chi connectivity index (χ2v) is 5.67. The molecule has 1 unspecified atom stereocenters. The van der Waals surface area contributed by atoms with E-state index in [1.165, 1.54) is 0 Å². The molecule has 0 bridgehead atoms. The highest BCUT2D eigenvalue weighted by molar-refractivity contribution is 7.90. The van der Waals surface area contributed by atoms with Crippen molar-refractivity contribution >= 4 is 26.1 Å². The number of hydrogen-bond donors (Lipinski definition) is 4. The predicted octanol–water partition coefficient (Wildman–Crippen LogP) is -2.27. The van der Waals surface area contributed by atoms with Gasteiger partial charge < -0.3 is 0 Å². The van der Waals surface area contributed by atoms with Crippen LogP contribution in [0, 0.1) is 0 Å². The fourth-order valence-electron chi connectivity index (χ4n) is 0.576. The summed E-state index contributed by atoms with van der Waals surface area (Å²) in [5.41, 5.74) is 3.51. The van der Waals surface area contributed by atoms with Crippen LogP contribution in [0.15, 0.2) is 0 Å². The molecule has 0 rings (SSSR count). The lowest BCUT2D eigenvalue weighted by atomic mass is 10.7. The zero-order valence-electron chi connectivity index (χ0n) is 7.54. The fourth-order valence-corrected chi connectivity index (χ4v) is 2.45. The van der Waals surface area contributed by atoms with Crippen molar-refractivity contribution in [2.45, 2.75) is 12.3 Å². The highest BCUT2D eigenvalue weighted by Gasteiger charge is 2.28. The van der Waals surface area contributed by atoms with Crippen molar-refractivity contribution in [2.75, 3.05) is 5.75 Å². The highest BCUT2D eigenvalue weighted by atomic mass is 32.2. The van der Waals surface area contributed by atoms with E-state index in [-0.39, 0.29) is 0 Å². The molecular weight excluding hydrogens is 252 g/mol. The third-order valence-corrected chi connectivity index (χ3v) is 3.10. The van der Waals surface area contributed by atoms with Crippen molar-refractivity contribution in [2.24, 2.45) is 0 Å². The van der Waals surface area contributed by atoms with Crippen LogP contribution < -0.4 is 10.9 Å². The van der Waals surface area contributed by atoms with E-state index >= 15 is 0 Å². The molecule has 15 heavy (non-hydrogen) atoms. The first kappa shape index (κ1) is 14.2. The molecule has 11 heteroatoms. The third kappa shape index (κ3) is 7.21. The molecule has 0 saturated carbocycles. The topological polar surface area (TPSA) is 150 Å². The highest BCUT2D eigenvalue weighted by Crippen LogP contribution is 1.97. The number of amides is 1. The zero-order valence-corrected chi connectivity index (χ0v) is 9.17. The molecule has 0 aromatic carbocycles. The average Bonchev–Trinajstić information content (AvgIpc) is 1.93. The van der Waals surface area contributed by atoms with Crippen LogP contribution in [0.4, 0.5) is 0 Å². The molecule has 4 N–H and O–H groups in total. The van der Waals surface area contributed by atoms with Gasteiger partial charge in [-0.2, -0.15) is 16.8 Å². The van der Waals surface area contributed by atoms with Crippen LogP contribution >= 0.6 is 0 Å². The molecule has 90 valence electrons. The first-order chi connectivity index (χ1) is 6.52. The van der Waals surface area contributed by atoms with Gasteiger partial charge in [-0.1, -0.05) is 0 Å². The van der Waals surface area contributed by atoms with Crippen molar-refractivity contribution in [3.05, 3.63) is 0 Å². The first-order valence-electron chi connectivity index (χ1n) is 3.46. The van der Waals surface area contributed by atoms with Crippen molar-refractivity contribution < 1.29 is 30.7 Å². The van der Waals surface area contributed by atoms with E-state index in [4.69, 9.17) is 9.11 Å². The van der Waals surface area contributed by atoms with Gasteiger partial charge in [-0.3, -0.25) is 19.3 Å². The maximum absolute atomic E-state index is 10.6. The van der Waals surface area contributed by atoms with Crippen LogP contribution in [-0.2, 0) is 25.0 Å². The number of nitrogens with one attached hydrogen (secondary N) is 2. The average molecular weight is 262 g/mol. The van der Waals surface area contributed by atoms with Gasteiger partial charge in [-0.25, -0.2) is 5.43 Å². The van der Waals surface area contributed by atoms with Crippen LogP contribution in [0.3, 0.4) is 0 Å². The molecular formula is C4H10N2O7S2. The molecule has 9 nitrogen and oxygen atoms in total. The molecule has 1 amide bonds. The number of carbonyl (C=O) groups is 1. The normalized spacial score (nSPS) is 14.6. The van der Waals surface area contributed by atoms with E-state index in [9.17, 15) is 21.6 Å². The van der Waals surface area contributed by atoms with E-state index in [0.717, 1.165) is 6.92 Å². The minimum absolute atomic E-state index is 0.695. The SMILES string of the molecule is CC(=O)NNC(CS(=O)(=O)O)S(=O)(=O)O. The largest absolute Gasteiger partial charge is 0.290 e. The summed E-state index contributed by atoms with van der Waals surface area (Å²) < 4.78 is 58.8. The van der Waals surface area contributed by atoms with Crippen LogP contribution in [0.1, 0.15) is 6.92 Å². The molecule has 0 aliphatic rings. The van der Waals surface area contributed by atoms with Gasteiger partial charge in [-0.05, 0) is 0 Å². The summed E-state index contributed by atoms with van der Waals surface area (Å²) in [6.07, 6.45) is 0. The van der Waals surface area contributed by atoms with Gasteiger partial charge in [0.15, 0.2) is 5.37 Å². The number of hydrazine groups is 1. The maximum atomic E-state index is 10.6. The van der Waals surface area contributed by atoms with Gasteiger partial charge in [0.25, 0.3) is 20.2 Å². The maximum Gasteiger partial charge on any atom is 0.283 e. The Balaban J connectivity index is 4.70. The van der Waals surface area contributed by atoms with Crippen molar-refractivity contribution in [1.82, 2.24) is 10.9 Å². The summed E-state index contributed by atoms with van der Waals surface area (Å²) >= 11 is 0. The zero-order chi connectivity index (χ0) is 12.3. The summed E-state index contributed by atoms with van der Waals surface area (Å²) in [4.78, 5) is 10.4. The Kier molecular flexibility index (Phi) is 4.61.